The lowest BCUT2D eigenvalue weighted by Crippen LogP contribution is -2.34. The van der Waals surface area contributed by atoms with Gasteiger partial charge in [0.05, 0.1) is 6.54 Å². The molecular weight excluding hydrogens is 256 g/mol. The molecule has 6 nitrogen and oxygen atoms in total. The number of benzene rings is 1. The van der Waals surface area contributed by atoms with Gasteiger partial charge >= 0.3 is 6.03 Å². The van der Waals surface area contributed by atoms with E-state index in [0.29, 0.717) is 18.3 Å². The van der Waals surface area contributed by atoms with Crippen LogP contribution in [-0.4, -0.2) is 16.2 Å². The fourth-order valence-corrected chi connectivity index (χ4v) is 1.57. The van der Waals surface area contributed by atoms with Crippen LogP contribution < -0.4 is 10.6 Å². The highest BCUT2D eigenvalue weighted by Crippen LogP contribution is 2.11. The molecule has 2 rings (SSSR count). The second kappa shape index (κ2) is 6.70. The number of carbonyl (C=O) groups is 1. The Kier molecular flexibility index (Phi) is 4.70. The summed E-state index contributed by atoms with van der Waals surface area (Å²) in [6.45, 7) is 4.64. The molecule has 0 saturated carbocycles. The first-order valence-corrected chi connectivity index (χ1v) is 6.53. The molecule has 0 saturated heterocycles. The van der Waals surface area contributed by atoms with E-state index in [1.54, 1.807) is 0 Å². The van der Waals surface area contributed by atoms with E-state index in [1.165, 1.54) is 0 Å². The molecule has 0 aliphatic heterocycles. The largest absolute Gasteiger partial charge is 0.423 e. The van der Waals surface area contributed by atoms with Crippen LogP contribution in [0.5, 0.6) is 0 Å². The van der Waals surface area contributed by atoms with Crippen molar-refractivity contribution in [2.45, 2.75) is 32.9 Å². The summed E-state index contributed by atoms with van der Waals surface area (Å²) in [6, 6.07) is 9.44. The average molecular weight is 274 g/mol. The van der Waals surface area contributed by atoms with Gasteiger partial charge in [-0.25, -0.2) is 4.79 Å². The zero-order valence-electron chi connectivity index (χ0n) is 11.6. The van der Waals surface area contributed by atoms with E-state index in [9.17, 15) is 4.79 Å². The van der Waals surface area contributed by atoms with E-state index in [0.717, 1.165) is 5.56 Å². The summed E-state index contributed by atoms with van der Waals surface area (Å²) in [4.78, 5) is 11.6. The lowest BCUT2D eigenvalue weighted by atomic mass is 10.2. The maximum Gasteiger partial charge on any atom is 0.315 e. The zero-order chi connectivity index (χ0) is 14.4. The summed E-state index contributed by atoms with van der Waals surface area (Å²) in [5.74, 6) is 1.17. The number of hydrogen-bond acceptors (Lipinski definition) is 4. The van der Waals surface area contributed by atoms with Gasteiger partial charge in [0.15, 0.2) is 0 Å². The number of amides is 2. The average Bonchev–Trinajstić information content (AvgIpc) is 2.93. The van der Waals surface area contributed by atoms with Crippen molar-refractivity contribution in [3.8, 4) is 0 Å². The SMILES string of the molecule is CC(C)c1nnc(CNC(=O)NCc2ccccc2)o1. The van der Waals surface area contributed by atoms with Crippen LogP contribution in [0.1, 0.15) is 37.1 Å². The highest BCUT2D eigenvalue weighted by molar-refractivity contribution is 5.73. The number of nitrogens with zero attached hydrogens (tertiary/aromatic N) is 2. The van der Waals surface area contributed by atoms with E-state index in [1.807, 2.05) is 44.2 Å². The third-order valence-electron chi connectivity index (χ3n) is 2.67. The molecule has 1 aromatic carbocycles. The lowest BCUT2D eigenvalue weighted by molar-refractivity contribution is 0.238. The van der Waals surface area contributed by atoms with Crippen molar-refractivity contribution in [2.75, 3.05) is 0 Å². The van der Waals surface area contributed by atoms with E-state index >= 15 is 0 Å². The Morgan fingerprint density at radius 1 is 1.15 bits per heavy atom. The van der Waals surface area contributed by atoms with E-state index in [2.05, 4.69) is 20.8 Å². The molecule has 2 aromatic rings. The van der Waals surface area contributed by atoms with Crippen molar-refractivity contribution < 1.29 is 9.21 Å². The second-order valence-electron chi connectivity index (χ2n) is 4.71. The Morgan fingerprint density at radius 2 is 1.85 bits per heavy atom. The minimum absolute atomic E-state index is 0.183. The minimum Gasteiger partial charge on any atom is -0.423 e. The number of nitrogens with one attached hydrogen (secondary N) is 2. The maximum absolute atomic E-state index is 11.6. The molecule has 0 bridgehead atoms. The molecule has 0 unspecified atom stereocenters. The van der Waals surface area contributed by atoms with Crippen LogP contribution >= 0.6 is 0 Å². The smallest absolute Gasteiger partial charge is 0.315 e. The van der Waals surface area contributed by atoms with Gasteiger partial charge in [0.25, 0.3) is 0 Å². The van der Waals surface area contributed by atoms with E-state index in [4.69, 9.17) is 4.42 Å². The van der Waals surface area contributed by atoms with Crippen molar-refractivity contribution in [2.24, 2.45) is 0 Å². The van der Waals surface area contributed by atoms with Crippen LogP contribution in [0.4, 0.5) is 4.79 Å². The van der Waals surface area contributed by atoms with Gasteiger partial charge in [0, 0.05) is 12.5 Å². The molecule has 1 heterocycles. The fraction of sp³-hybridized carbons (Fsp3) is 0.357. The standard InChI is InChI=1S/C14H18N4O2/c1-10(2)13-18-17-12(20-13)9-16-14(19)15-8-11-6-4-3-5-7-11/h3-7,10H,8-9H2,1-2H3,(H2,15,16,19). The number of rotatable bonds is 5. The maximum atomic E-state index is 11.6. The molecule has 2 N–H and O–H groups in total. The Bertz CT molecular complexity index is 551. The number of carbonyl (C=O) groups excluding carboxylic acids is 1. The van der Waals surface area contributed by atoms with Crippen LogP contribution in [0, 0.1) is 0 Å². The van der Waals surface area contributed by atoms with Crippen molar-refractivity contribution in [1.29, 1.82) is 0 Å². The molecule has 0 radical (unpaired) electrons. The van der Waals surface area contributed by atoms with E-state index < -0.39 is 0 Å². The molecule has 0 fully saturated rings. The third-order valence-corrected chi connectivity index (χ3v) is 2.67. The Labute approximate surface area is 117 Å². The zero-order valence-corrected chi connectivity index (χ0v) is 11.6. The Balaban J connectivity index is 1.74. The van der Waals surface area contributed by atoms with Gasteiger partial charge in [-0.1, -0.05) is 44.2 Å². The fourth-order valence-electron chi connectivity index (χ4n) is 1.57. The van der Waals surface area contributed by atoms with Gasteiger partial charge in [0.1, 0.15) is 0 Å². The van der Waals surface area contributed by atoms with E-state index in [-0.39, 0.29) is 18.5 Å². The molecule has 20 heavy (non-hydrogen) atoms. The van der Waals surface area contributed by atoms with Crippen LogP contribution in [0.15, 0.2) is 34.7 Å². The number of hydrogen-bond donors (Lipinski definition) is 2. The third kappa shape index (κ3) is 4.08. The topological polar surface area (TPSA) is 80.0 Å². The summed E-state index contributed by atoms with van der Waals surface area (Å²) in [5.41, 5.74) is 1.04. The Morgan fingerprint density at radius 3 is 2.50 bits per heavy atom. The van der Waals surface area contributed by atoms with Crippen molar-refractivity contribution in [3.63, 3.8) is 0 Å². The Hall–Kier alpha value is -2.37. The molecule has 0 aliphatic carbocycles. The lowest BCUT2D eigenvalue weighted by Gasteiger charge is -2.05. The monoisotopic (exact) mass is 274 g/mol. The first-order chi connectivity index (χ1) is 9.65. The molecule has 2 amide bonds. The molecule has 106 valence electrons. The molecule has 6 heteroatoms. The van der Waals surface area contributed by atoms with Crippen LogP contribution in [0.3, 0.4) is 0 Å². The van der Waals surface area contributed by atoms with Crippen molar-refractivity contribution >= 4 is 6.03 Å². The molecule has 1 aromatic heterocycles. The van der Waals surface area contributed by atoms with Crippen LogP contribution in [0.2, 0.25) is 0 Å². The summed E-state index contributed by atoms with van der Waals surface area (Å²) in [7, 11) is 0. The summed E-state index contributed by atoms with van der Waals surface area (Å²) >= 11 is 0. The van der Waals surface area contributed by atoms with Crippen molar-refractivity contribution in [3.05, 3.63) is 47.7 Å². The highest BCUT2D eigenvalue weighted by atomic mass is 16.4. The minimum atomic E-state index is -0.266. The van der Waals surface area contributed by atoms with Gasteiger partial charge in [-0.15, -0.1) is 10.2 Å². The van der Waals surface area contributed by atoms with Crippen molar-refractivity contribution in [1.82, 2.24) is 20.8 Å². The summed E-state index contributed by atoms with van der Waals surface area (Å²) in [6.07, 6.45) is 0. The summed E-state index contributed by atoms with van der Waals surface area (Å²) < 4.78 is 5.39. The first kappa shape index (κ1) is 14.0. The highest BCUT2D eigenvalue weighted by Gasteiger charge is 2.10. The quantitative estimate of drug-likeness (QED) is 0.875. The van der Waals surface area contributed by atoms with Gasteiger partial charge in [-0.3, -0.25) is 0 Å². The van der Waals surface area contributed by atoms with Crippen LogP contribution in [0.25, 0.3) is 0 Å². The predicted octanol–water partition coefficient (Wildman–Crippen LogP) is 2.19. The van der Waals surface area contributed by atoms with Gasteiger partial charge in [0.2, 0.25) is 11.8 Å². The number of urea groups is 1. The molecule has 0 spiro atoms. The van der Waals surface area contributed by atoms with Crippen LogP contribution in [-0.2, 0) is 13.1 Å². The second-order valence-corrected chi connectivity index (χ2v) is 4.71. The molecular formula is C14H18N4O2. The number of aromatic nitrogens is 2. The van der Waals surface area contributed by atoms with Gasteiger partial charge in [-0.2, -0.15) is 0 Å². The molecule has 0 atom stereocenters. The van der Waals surface area contributed by atoms with Gasteiger partial charge < -0.3 is 15.1 Å². The van der Waals surface area contributed by atoms with Gasteiger partial charge in [-0.05, 0) is 5.56 Å². The predicted molar refractivity (Wildman–Crippen MR) is 73.9 cm³/mol. The first-order valence-electron chi connectivity index (χ1n) is 6.53. The summed E-state index contributed by atoms with van der Waals surface area (Å²) in [5, 5.41) is 13.2. The normalized spacial score (nSPS) is 10.6. The molecule has 0 aliphatic rings.